The van der Waals surface area contributed by atoms with Crippen molar-refractivity contribution in [1.82, 2.24) is 14.8 Å². The fraction of sp³-hybridized carbons (Fsp3) is 0.250. The van der Waals surface area contributed by atoms with Gasteiger partial charge in [-0.2, -0.15) is 0 Å². The van der Waals surface area contributed by atoms with Crippen LogP contribution in [-0.4, -0.2) is 27.3 Å². The van der Waals surface area contributed by atoms with Crippen LogP contribution in [0.2, 0.25) is 0 Å². The summed E-state index contributed by atoms with van der Waals surface area (Å²) < 4.78 is 7.25. The summed E-state index contributed by atoms with van der Waals surface area (Å²) in [7, 11) is 0. The van der Waals surface area contributed by atoms with E-state index >= 15 is 0 Å². The molecule has 0 amide bonds. The van der Waals surface area contributed by atoms with E-state index in [2.05, 4.69) is 16.3 Å². The first-order chi connectivity index (χ1) is 12.6. The van der Waals surface area contributed by atoms with Gasteiger partial charge in [0.15, 0.2) is 5.16 Å². The van der Waals surface area contributed by atoms with Gasteiger partial charge in [-0.05, 0) is 44.0 Å². The number of thioether (sulfide) groups is 1. The average molecular weight is 367 g/mol. The van der Waals surface area contributed by atoms with Crippen LogP contribution in [0.15, 0.2) is 59.8 Å². The number of nitrogens with zero attached hydrogens (tertiary/aromatic N) is 3. The first-order valence-corrected chi connectivity index (χ1v) is 9.35. The highest BCUT2D eigenvalue weighted by Crippen LogP contribution is 2.36. The van der Waals surface area contributed by atoms with E-state index < -0.39 is 5.25 Å². The van der Waals surface area contributed by atoms with Crippen molar-refractivity contribution >= 4 is 17.7 Å². The smallest absolute Gasteiger partial charge is 0.324 e. The van der Waals surface area contributed by atoms with Crippen molar-refractivity contribution < 1.29 is 9.53 Å². The Morgan fingerprint density at radius 3 is 2.58 bits per heavy atom. The van der Waals surface area contributed by atoms with Crippen LogP contribution in [0.5, 0.6) is 0 Å². The van der Waals surface area contributed by atoms with E-state index in [1.807, 2.05) is 73.9 Å². The molecule has 1 atom stereocenters. The fourth-order valence-electron chi connectivity index (χ4n) is 2.69. The van der Waals surface area contributed by atoms with Gasteiger partial charge in [-0.1, -0.05) is 54.2 Å². The molecule has 3 rings (SSSR count). The van der Waals surface area contributed by atoms with Gasteiger partial charge in [-0.3, -0.25) is 9.36 Å². The second kappa shape index (κ2) is 8.19. The van der Waals surface area contributed by atoms with Crippen molar-refractivity contribution in [3.63, 3.8) is 0 Å². The van der Waals surface area contributed by atoms with Crippen LogP contribution >= 0.6 is 11.8 Å². The van der Waals surface area contributed by atoms with Crippen molar-refractivity contribution in [1.29, 1.82) is 0 Å². The number of esters is 1. The lowest BCUT2D eigenvalue weighted by molar-refractivity contribution is -0.142. The zero-order valence-electron chi connectivity index (χ0n) is 15.0. The molecule has 6 heteroatoms. The predicted molar refractivity (Wildman–Crippen MR) is 103 cm³/mol. The summed E-state index contributed by atoms with van der Waals surface area (Å²) >= 11 is 1.35. The molecule has 0 spiro atoms. The Kier molecular flexibility index (Phi) is 5.73. The normalized spacial score (nSPS) is 12.0. The molecule has 0 bridgehead atoms. The van der Waals surface area contributed by atoms with Crippen LogP contribution < -0.4 is 0 Å². The third-order valence-corrected chi connectivity index (χ3v) is 5.06. The van der Waals surface area contributed by atoms with Gasteiger partial charge in [-0.15, -0.1) is 10.2 Å². The third-order valence-electron chi connectivity index (χ3n) is 3.88. The molecule has 0 N–H and O–H groups in total. The summed E-state index contributed by atoms with van der Waals surface area (Å²) in [4.78, 5) is 12.6. The van der Waals surface area contributed by atoms with Crippen LogP contribution in [0.25, 0.3) is 5.69 Å². The molecule has 0 radical (unpaired) electrons. The van der Waals surface area contributed by atoms with Gasteiger partial charge in [0.25, 0.3) is 0 Å². The Morgan fingerprint density at radius 1 is 1.12 bits per heavy atom. The van der Waals surface area contributed by atoms with Crippen molar-refractivity contribution in [2.45, 2.75) is 31.2 Å². The van der Waals surface area contributed by atoms with Crippen LogP contribution in [0.1, 0.15) is 29.1 Å². The van der Waals surface area contributed by atoms with Gasteiger partial charge < -0.3 is 4.74 Å². The number of aryl methyl sites for hydroxylation is 2. The van der Waals surface area contributed by atoms with Gasteiger partial charge in [0.05, 0.1) is 6.61 Å². The summed E-state index contributed by atoms with van der Waals surface area (Å²) in [6, 6.07) is 17.7. The van der Waals surface area contributed by atoms with E-state index in [0.717, 1.165) is 22.6 Å². The molecule has 1 heterocycles. The minimum absolute atomic E-state index is 0.278. The Bertz CT molecular complexity index is 893. The highest BCUT2D eigenvalue weighted by molar-refractivity contribution is 8.00. The first-order valence-electron chi connectivity index (χ1n) is 8.47. The minimum atomic E-state index is -0.497. The van der Waals surface area contributed by atoms with E-state index in [0.29, 0.717) is 11.8 Å². The molecule has 0 fully saturated rings. The molecule has 0 saturated heterocycles. The zero-order valence-corrected chi connectivity index (χ0v) is 15.9. The van der Waals surface area contributed by atoms with Gasteiger partial charge >= 0.3 is 5.97 Å². The monoisotopic (exact) mass is 367 g/mol. The molecule has 26 heavy (non-hydrogen) atoms. The zero-order chi connectivity index (χ0) is 18.5. The molecule has 0 unspecified atom stereocenters. The van der Waals surface area contributed by atoms with E-state index in [1.54, 1.807) is 0 Å². The topological polar surface area (TPSA) is 57.0 Å². The molecule has 3 aromatic rings. The maximum Gasteiger partial charge on any atom is 0.324 e. The molecule has 1 aromatic heterocycles. The molecule has 0 aliphatic carbocycles. The summed E-state index contributed by atoms with van der Waals surface area (Å²) in [5.74, 6) is 0.494. The number of carbonyl (C=O) groups excluding carboxylic acids is 1. The Labute approximate surface area is 157 Å². The fourth-order valence-corrected chi connectivity index (χ4v) is 3.79. The Balaban J connectivity index is 1.99. The molecular weight excluding hydrogens is 346 g/mol. The largest absolute Gasteiger partial charge is 0.465 e. The van der Waals surface area contributed by atoms with Crippen LogP contribution in [0, 0.1) is 13.8 Å². The van der Waals surface area contributed by atoms with E-state index in [1.165, 1.54) is 11.8 Å². The number of carbonyl (C=O) groups is 1. The summed E-state index contributed by atoms with van der Waals surface area (Å²) in [6.07, 6.45) is 0. The van der Waals surface area contributed by atoms with Crippen LogP contribution in [-0.2, 0) is 9.53 Å². The number of hydrogen-bond acceptors (Lipinski definition) is 5. The number of benzene rings is 2. The van der Waals surface area contributed by atoms with Gasteiger partial charge in [0, 0.05) is 5.69 Å². The van der Waals surface area contributed by atoms with E-state index in [-0.39, 0.29) is 5.97 Å². The highest BCUT2D eigenvalue weighted by atomic mass is 32.2. The molecule has 2 aromatic carbocycles. The number of hydrogen-bond donors (Lipinski definition) is 0. The first kappa shape index (κ1) is 18.2. The summed E-state index contributed by atoms with van der Waals surface area (Å²) in [5, 5.41) is 8.68. The maximum atomic E-state index is 12.6. The average Bonchev–Trinajstić information content (AvgIpc) is 3.01. The second-order valence-electron chi connectivity index (χ2n) is 5.86. The molecule has 0 aliphatic heterocycles. The van der Waals surface area contributed by atoms with Crippen LogP contribution in [0.3, 0.4) is 0 Å². The molecule has 0 aliphatic rings. The lowest BCUT2D eigenvalue weighted by Gasteiger charge is -2.16. The number of aromatic nitrogens is 3. The number of ether oxygens (including phenoxy) is 1. The van der Waals surface area contributed by atoms with E-state index in [9.17, 15) is 4.79 Å². The van der Waals surface area contributed by atoms with Gasteiger partial charge in [0.2, 0.25) is 0 Å². The Morgan fingerprint density at radius 2 is 1.88 bits per heavy atom. The van der Waals surface area contributed by atoms with Crippen molar-refractivity contribution in [2.75, 3.05) is 6.61 Å². The van der Waals surface area contributed by atoms with Crippen molar-refractivity contribution in [3.8, 4) is 5.69 Å². The lowest BCUT2D eigenvalue weighted by atomic mass is 10.1. The highest BCUT2D eigenvalue weighted by Gasteiger charge is 2.26. The molecule has 134 valence electrons. The lowest BCUT2D eigenvalue weighted by Crippen LogP contribution is -2.14. The SMILES string of the molecule is CCOC(=O)[C@@H](Sc1nnc(C)n1-c1cccc(C)c1)c1ccccc1. The summed E-state index contributed by atoms with van der Waals surface area (Å²) in [5.41, 5.74) is 3.01. The van der Waals surface area contributed by atoms with Crippen molar-refractivity contribution in [2.24, 2.45) is 0 Å². The number of rotatable bonds is 6. The minimum Gasteiger partial charge on any atom is -0.465 e. The quantitative estimate of drug-likeness (QED) is 0.481. The van der Waals surface area contributed by atoms with Gasteiger partial charge in [0.1, 0.15) is 11.1 Å². The van der Waals surface area contributed by atoms with E-state index in [4.69, 9.17) is 4.74 Å². The van der Waals surface area contributed by atoms with Crippen LogP contribution in [0.4, 0.5) is 0 Å². The molecular formula is C20H21N3O2S. The molecule has 0 saturated carbocycles. The standard InChI is InChI=1S/C20H21N3O2S/c1-4-25-19(24)18(16-10-6-5-7-11-16)26-20-22-21-15(3)23(20)17-12-8-9-14(2)13-17/h5-13,18H,4H2,1-3H3/t18-/m0/s1. The van der Waals surface area contributed by atoms with Crippen molar-refractivity contribution in [3.05, 3.63) is 71.5 Å². The van der Waals surface area contributed by atoms with Gasteiger partial charge in [-0.25, -0.2) is 0 Å². The predicted octanol–water partition coefficient (Wildman–Crippen LogP) is 4.28. The maximum absolute atomic E-state index is 12.6. The molecule has 5 nitrogen and oxygen atoms in total. The summed E-state index contributed by atoms with van der Waals surface area (Å²) in [6.45, 7) is 6.10. The second-order valence-corrected chi connectivity index (χ2v) is 6.94. The third kappa shape index (κ3) is 3.96. The Hall–Kier alpha value is -2.60.